The van der Waals surface area contributed by atoms with Crippen molar-refractivity contribution < 1.29 is 34.2 Å². The van der Waals surface area contributed by atoms with Gasteiger partial charge in [-0.05, 0) is 0 Å². The summed E-state index contributed by atoms with van der Waals surface area (Å²) < 4.78 is 1.32. The van der Waals surface area contributed by atoms with E-state index in [1.54, 1.807) is 0 Å². The van der Waals surface area contributed by atoms with Crippen LogP contribution in [0.3, 0.4) is 0 Å². The molecular weight excluding hydrogens is 329 g/mol. The third-order valence-corrected chi connectivity index (χ3v) is 8.61. The third-order valence-electron chi connectivity index (χ3n) is 1.42. The van der Waals surface area contributed by atoms with Crippen molar-refractivity contribution in [1.29, 1.82) is 0 Å². The van der Waals surface area contributed by atoms with Gasteiger partial charge in [-0.25, -0.2) is 0 Å². The molecule has 0 saturated heterocycles. The van der Waals surface area contributed by atoms with Crippen LogP contribution in [0.4, 0.5) is 0 Å². The summed E-state index contributed by atoms with van der Waals surface area (Å²) in [6.45, 7) is 10.2. The van der Waals surface area contributed by atoms with Crippen molar-refractivity contribution in [2.45, 2.75) is 13.8 Å². The van der Waals surface area contributed by atoms with E-state index in [2.05, 4.69) is 13.2 Å². The van der Waals surface area contributed by atoms with Gasteiger partial charge in [0.2, 0.25) is 0 Å². The Balaban J connectivity index is 4.07. The molecule has 56 valence electrons. The van der Waals surface area contributed by atoms with E-state index >= 15 is 0 Å². The van der Waals surface area contributed by atoms with Crippen molar-refractivity contribution in [1.82, 2.24) is 0 Å². The Bertz CT molecular complexity index is 204. The van der Waals surface area contributed by atoms with Gasteiger partial charge in [0.15, 0.2) is 0 Å². The van der Waals surface area contributed by atoms with Gasteiger partial charge in [0.05, 0.1) is 0 Å². The molecule has 0 aromatic carbocycles. The molecule has 0 spiro atoms. The number of allylic oxidation sites excluding steroid dienone is 2. The zero-order valence-electron chi connectivity index (χ0n) is 6.94. The zero-order chi connectivity index (χ0) is 9.02. The standard InChI is InChI=1S/2C4H5O.Hg/c2*1-3-4(2)5;/h2*1H2,2H3;. The van der Waals surface area contributed by atoms with Crippen LogP contribution < -0.4 is 0 Å². The quantitative estimate of drug-likeness (QED) is 0.571. The van der Waals surface area contributed by atoms with Crippen molar-refractivity contribution in [2.75, 3.05) is 0 Å². The van der Waals surface area contributed by atoms with Crippen molar-refractivity contribution in [2.24, 2.45) is 0 Å². The van der Waals surface area contributed by atoms with Gasteiger partial charge < -0.3 is 0 Å². The Morgan fingerprint density at radius 1 is 1.00 bits per heavy atom. The Kier molecular flexibility index (Phi) is 4.49. The van der Waals surface area contributed by atoms with Gasteiger partial charge in [-0.3, -0.25) is 0 Å². The minimum atomic E-state index is -1.65. The summed E-state index contributed by atoms with van der Waals surface area (Å²) in [7, 11) is 0. The van der Waals surface area contributed by atoms with Crippen molar-refractivity contribution in [3.05, 3.63) is 19.3 Å². The molecule has 0 bridgehead atoms. The monoisotopic (exact) mass is 340 g/mol. The van der Waals surface area contributed by atoms with Gasteiger partial charge in [0, 0.05) is 0 Å². The van der Waals surface area contributed by atoms with E-state index in [4.69, 9.17) is 0 Å². The maximum atomic E-state index is 10.7. The SMILES string of the molecule is C=[C]([Hg][C](=C)C(C)=O)C(C)=O. The summed E-state index contributed by atoms with van der Waals surface area (Å²) in [5.74, 6) is 0.0168. The molecule has 0 aliphatic heterocycles. The number of ketones is 2. The molecule has 0 aromatic heterocycles. The second-order valence-corrected chi connectivity index (χ2v) is 10.5. The Morgan fingerprint density at radius 3 is 1.45 bits per heavy atom. The summed E-state index contributed by atoms with van der Waals surface area (Å²) in [5.41, 5.74) is 0. The Labute approximate surface area is 78.8 Å². The fourth-order valence-corrected chi connectivity index (χ4v) is 4.44. The summed E-state index contributed by atoms with van der Waals surface area (Å²) in [4.78, 5) is 21.4. The van der Waals surface area contributed by atoms with E-state index in [1.165, 1.54) is 13.8 Å². The van der Waals surface area contributed by atoms with Crippen LogP contribution in [0.5, 0.6) is 0 Å². The molecule has 0 aliphatic rings. The average Bonchev–Trinajstić information content (AvgIpc) is 1.87. The molecule has 0 unspecified atom stereocenters. The molecule has 3 heteroatoms. The van der Waals surface area contributed by atoms with Gasteiger partial charge >= 0.3 is 78.9 Å². The van der Waals surface area contributed by atoms with Crippen LogP contribution >= 0.6 is 0 Å². The fourth-order valence-electron chi connectivity index (χ4n) is 0.507. The van der Waals surface area contributed by atoms with Crippen LogP contribution in [0.1, 0.15) is 13.8 Å². The van der Waals surface area contributed by atoms with E-state index in [9.17, 15) is 9.59 Å². The minimum absolute atomic E-state index is 0.00840. The maximum absolute atomic E-state index is 10.7. The number of carbonyl (C=O) groups is 2. The third kappa shape index (κ3) is 4.25. The first kappa shape index (κ1) is 10.8. The normalized spacial score (nSPS) is 8.18. The van der Waals surface area contributed by atoms with E-state index in [0.29, 0.717) is 6.16 Å². The molecule has 0 aliphatic carbocycles. The molecule has 0 saturated carbocycles. The van der Waals surface area contributed by atoms with Crippen LogP contribution in [-0.4, -0.2) is 11.6 Å². The molecule has 0 atom stereocenters. The molecular formula is C8H10HgO2. The molecule has 0 aromatic rings. The first-order valence-corrected chi connectivity index (χ1v) is 8.82. The molecule has 0 fully saturated rings. The van der Waals surface area contributed by atoms with E-state index in [-0.39, 0.29) is 11.6 Å². The molecule has 0 amide bonds. The van der Waals surface area contributed by atoms with Gasteiger partial charge in [0.25, 0.3) is 0 Å². The average molecular weight is 339 g/mol. The van der Waals surface area contributed by atoms with Crippen LogP contribution in [0, 0.1) is 0 Å². The number of hydrogen-bond acceptors (Lipinski definition) is 2. The van der Waals surface area contributed by atoms with Crippen LogP contribution in [0.25, 0.3) is 0 Å². The molecule has 0 radical (unpaired) electrons. The van der Waals surface area contributed by atoms with Gasteiger partial charge in [-0.1, -0.05) is 0 Å². The van der Waals surface area contributed by atoms with Gasteiger partial charge in [0.1, 0.15) is 0 Å². The molecule has 11 heavy (non-hydrogen) atoms. The van der Waals surface area contributed by atoms with Crippen LogP contribution in [0.15, 0.2) is 19.3 Å². The molecule has 0 N–H and O–H groups in total. The second-order valence-electron chi connectivity index (χ2n) is 2.50. The Morgan fingerprint density at radius 2 is 1.27 bits per heavy atom. The van der Waals surface area contributed by atoms with E-state index < -0.39 is 24.6 Å². The summed E-state index contributed by atoms with van der Waals surface area (Å²) >= 11 is -1.65. The predicted molar refractivity (Wildman–Crippen MR) is 39.6 cm³/mol. The zero-order valence-corrected chi connectivity index (χ0v) is 12.4. The first-order valence-electron chi connectivity index (χ1n) is 3.32. The van der Waals surface area contributed by atoms with Crippen molar-refractivity contribution >= 4 is 11.6 Å². The predicted octanol–water partition coefficient (Wildman–Crippen LogP) is 1.27. The number of rotatable bonds is 4. The van der Waals surface area contributed by atoms with Crippen LogP contribution in [0.2, 0.25) is 0 Å². The van der Waals surface area contributed by atoms with Gasteiger partial charge in [-0.15, -0.1) is 0 Å². The summed E-state index contributed by atoms with van der Waals surface area (Å²) in [6.07, 6.45) is 0. The number of carbonyl (C=O) groups excluding carboxylic acids is 2. The molecule has 2 nitrogen and oxygen atoms in total. The fraction of sp³-hybridized carbons (Fsp3) is 0.250. The number of Topliss-reactive ketones (excluding diaryl/α,β-unsaturated/α-hetero) is 2. The summed E-state index contributed by atoms with van der Waals surface area (Å²) in [6, 6.07) is 0. The van der Waals surface area contributed by atoms with Crippen molar-refractivity contribution in [3.63, 3.8) is 0 Å². The van der Waals surface area contributed by atoms with Crippen LogP contribution in [-0.2, 0) is 34.2 Å². The summed E-state index contributed by atoms with van der Waals surface area (Å²) in [5, 5.41) is 0. The molecule has 0 rings (SSSR count). The van der Waals surface area contributed by atoms with E-state index in [0.717, 1.165) is 0 Å². The topological polar surface area (TPSA) is 34.1 Å². The van der Waals surface area contributed by atoms with E-state index in [1.807, 2.05) is 0 Å². The number of hydrogen-bond donors (Lipinski definition) is 0. The Hall–Kier alpha value is -0.245. The van der Waals surface area contributed by atoms with Crippen molar-refractivity contribution in [3.8, 4) is 0 Å². The molecule has 0 heterocycles. The second kappa shape index (κ2) is 4.60. The van der Waals surface area contributed by atoms with Gasteiger partial charge in [-0.2, -0.15) is 0 Å². The first-order chi connectivity index (χ1) is 4.95.